The summed E-state index contributed by atoms with van der Waals surface area (Å²) in [6.07, 6.45) is 1.70. The Morgan fingerprint density at radius 1 is 1.67 bits per heavy atom. The second kappa shape index (κ2) is 1.51. The van der Waals surface area contributed by atoms with Crippen molar-refractivity contribution in [1.82, 2.24) is 20.3 Å². The third-order valence-electron chi connectivity index (χ3n) is 0.996. The van der Waals surface area contributed by atoms with Gasteiger partial charge in [-0.3, -0.25) is 0 Å². The molecule has 1 aromatic heterocycles. The molecule has 1 aromatic rings. The quantitative estimate of drug-likeness (QED) is 0.478. The van der Waals surface area contributed by atoms with Crippen LogP contribution in [-0.2, 0) is 0 Å². The molecule has 0 radical (unpaired) electrons. The Morgan fingerprint density at radius 2 is 2.67 bits per heavy atom. The zero-order chi connectivity index (χ0) is 6.10. The molecule has 1 aliphatic rings. The van der Waals surface area contributed by atoms with E-state index in [-0.39, 0.29) is 0 Å². The molecule has 2 rings (SSSR count). The van der Waals surface area contributed by atoms with Gasteiger partial charge in [0.15, 0.2) is 0 Å². The largest absolute Gasteiger partial charge is 0.346 e. The minimum atomic E-state index is 0.595. The van der Waals surface area contributed by atoms with Gasteiger partial charge in [-0.1, -0.05) is 9.89 Å². The summed E-state index contributed by atoms with van der Waals surface area (Å²) in [5.74, 6) is 0.595. The van der Waals surface area contributed by atoms with Crippen LogP contribution in [0.5, 0.6) is 0 Å². The molecular formula is C3H4N6. The first-order chi connectivity index (χ1) is 4.47. The fourth-order valence-corrected chi connectivity index (χ4v) is 0.622. The van der Waals surface area contributed by atoms with Crippen molar-refractivity contribution in [2.45, 2.75) is 0 Å². The molecular weight excluding hydrogens is 120 g/mol. The predicted octanol–water partition coefficient (Wildman–Crippen LogP) is -1.07. The highest BCUT2D eigenvalue weighted by Gasteiger charge is 2.04. The standard InChI is InChI=1S/C3H4N6/c1-2-5-9-3(4-1)6-7-8-9/h2H,1H2,(H,4,6,8). The Balaban J connectivity index is 2.53. The van der Waals surface area contributed by atoms with Crippen LogP contribution in [0.15, 0.2) is 5.10 Å². The Morgan fingerprint density at radius 3 is 3.56 bits per heavy atom. The summed E-state index contributed by atoms with van der Waals surface area (Å²) in [6.45, 7) is 0.695. The van der Waals surface area contributed by atoms with Crippen LogP contribution in [-0.4, -0.2) is 33.1 Å². The maximum atomic E-state index is 3.85. The van der Waals surface area contributed by atoms with Gasteiger partial charge in [0, 0.05) is 6.21 Å². The number of hydrogen-bond donors (Lipinski definition) is 1. The van der Waals surface area contributed by atoms with Crippen LogP contribution < -0.4 is 5.32 Å². The summed E-state index contributed by atoms with van der Waals surface area (Å²) in [6, 6.07) is 0. The van der Waals surface area contributed by atoms with E-state index in [9.17, 15) is 0 Å². The van der Waals surface area contributed by atoms with Gasteiger partial charge in [0.05, 0.1) is 6.54 Å². The normalized spacial score (nSPS) is 14.7. The topological polar surface area (TPSA) is 68.0 Å². The van der Waals surface area contributed by atoms with Gasteiger partial charge < -0.3 is 5.32 Å². The predicted molar refractivity (Wildman–Crippen MR) is 30.2 cm³/mol. The van der Waals surface area contributed by atoms with Gasteiger partial charge in [-0.25, -0.2) is 0 Å². The monoisotopic (exact) mass is 124 g/mol. The number of hydrogen-bond acceptors (Lipinski definition) is 5. The first kappa shape index (κ1) is 4.42. The van der Waals surface area contributed by atoms with E-state index in [1.165, 1.54) is 4.79 Å². The zero-order valence-electron chi connectivity index (χ0n) is 4.52. The van der Waals surface area contributed by atoms with Crippen LogP contribution in [0.25, 0.3) is 0 Å². The van der Waals surface area contributed by atoms with Crippen molar-refractivity contribution in [1.29, 1.82) is 0 Å². The van der Waals surface area contributed by atoms with Crippen LogP contribution in [0.4, 0.5) is 5.95 Å². The Labute approximate surface area is 50.6 Å². The maximum absolute atomic E-state index is 3.85. The second-order valence-corrected chi connectivity index (χ2v) is 1.57. The van der Waals surface area contributed by atoms with Gasteiger partial charge in [-0.2, -0.15) is 5.10 Å². The molecule has 0 bridgehead atoms. The molecule has 0 atom stereocenters. The number of tetrazole rings is 1. The first-order valence-electron chi connectivity index (χ1n) is 2.52. The van der Waals surface area contributed by atoms with E-state index in [1.807, 2.05) is 0 Å². The summed E-state index contributed by atoms with van der Waals surface area (Å²) in [4.78, 5) is 1.34. The summed E-state index contributed by atoms with van der Waals surface area (Å²) in [5.41, 5.74) is 0. The van der Waals surface area contributed by atoms with Crippen molar-refractivity contribution in [3.63, 3.8) is 0 Å². The number of anilines is 1. The summed E-state index contributed by atoms with van der Waals surface area (Å²) < 4.78 is 0. The molecule has 0 amide bonds. The molecule has 1 N–H and O–H groups in total. The molecule has 6 heteroatoms. The highest BCUT2D eigenvalue weighted by molar-refractivity contribution is 5.64. The molecule has 9 heavy (non-hydrogen) atoms. The summed E-state index contributed by atoms with van der Waals surface area (Å²) >= 11 is 0. The number of nitrogens with zero attached hydrogens (tertiary/aromatic N) is 5. The van der Waals surface area contributed by atoms with Crippen molar-refractivity contribution in [3.05, 3.63) is 0 Å². The molecule has 0 aliphatic carbocycles. The Hall–Kier alpha value is -1.46. The van der Waals surface area contributed by atoms with E-state index < -0.39 is 0 Å². The molecule has 0 spiro atoms. The lowest BCUT2D eigenvalue weighted by atomic mass is 10.7. The smallest absolute Gasteiger partial charge is 0.265 e. The molecule has 0 unspecified atom stereocenters. The molecule has 0 saturated heterocycles. The van der Waals surface area contributed by atoms with E-state index in [4.69, 9.17) is 0 Å². The van der Waals surface area contributed by atoms with Crippen molar-refractivity contribution < 1.29 is 0 Å². The number of rotatable bonds is 0. The fraction of sp³-hybridized carbons (Fsp3) is 0.333. The Kier molecular flexibility index (Phi) is 0.741. The van der Waals surface area contributed by atoms with Crippen molar-refractivity contribution in [2.75, 3.05) is 11.9 Å². The first-order valence-corrected chi connectivity index (χ1v) is 2.52. The lowest BCUT2D eigenvalue weighted by Crippen LogP contribution is -2.13. The zero-order valence-corrected chi connectivity index (χ0v) is 4.52. The van der Waals surface area contributed by atoms with Crippen LogP contribution in [0.3, 0.4) is 0 Å². The van der Waals surface area contributed by atoms with Crippen LogP contribution in [0, 0.1) is 0 Å². The van der Waals surface area contributed by atoms with Gasteiger partial charge in [0.1, 0.15) is 0 Å². The maximum Gasteiger partial charge on any atom is 0.265 e. The van der Waals surface area contributed by atoms with E-state index in [2.05, 4.69) is 25.9 Å². The molecule has 6 nitrogen and oxygen atoms in total. The third-order valence-corrected chi connectivity index (χ3v) is 0.996. The number of nitrogens with one attached hydrogen (secondary N) is 1. The molecule has 1 aliphatic heterocycles. The van der Waals surface area contributed by atoms with Gasteiger partial charge >= 0.3 is 0 Å². The summed E-state index contributed by atoms with van der Waals surface area (Å²) in [7, 11) is 0. The molecule has 2 heterocycles. The SMILES string of the molecule is C1=Nn2nnnc2NC1. The van der Waals surface area contributed by atoms with E-state index in [1.54, 1.807) is 6.21 Å². The van der Waals surface area contributed by atoms with Gasteiger partial charge in [-0.15, -0.1) is 0 Å². The van der Waals surface area contributed by atoms with Crippen molar-refractivity contribution in [3.8, 4) is 0 Å². The highest BCUT2D eigenvalue weighted by Crippen LogP contribution is 1.99. The number of aromatic nitrogens is 4. The second-order valence-electron chi connectivity index (χ2n) is 1.57. The van der Waals surface area contributed by atoms with Gasteiger partial charge in [0.2, 0.25) is 0 Å². The minimum absolute atomic E-state index is 0.595. The van der Waals surface area contributed by atoms with Crippen LogP contribution in [0.2, 0.25) is 0 Å². The lowest BCUT2D eigenvalue weighted by Gasteiger charge is -2.02. The average molecular weight is 124 g/mol. The molecule has 0 saturated carbocycles. The third kappa shape index (κ3) is 0.558. The van der Waals surface area contributed by atoms with Crippen molar-refractivity contribution in [2.24, 2.45) is 5.10 Å². The average Bonchev–Trinajstić information content (AvgIpc) is 2.33. The minimum Gasteiger partial charge on any atom is -0.346 e. The van der Waals surface area contributed by atoms with E-state index >= 15 is 0 Å². The van der Waals surface area contributed by atoms with Gasteiger partial charge in [-0.05, 0) is 10.4 Å². The van der Waals surface area contributed by atoms with Crippen molar-refractivity contribution >= 4 is 12.2 Å². The van der Waals surface area contributed by atoms with Crippen LogP contribution >= 0.6 is 0 Å². The van der Waals surface area contributed by atoms with Crippen LogP contribution in [0.1, 0.15) is 0 Å². The van der Waals surface area contributed by atoms with E-state index in [0.717, 1.165) is 0 Å². The van der Waals surface area contributed by atoms with Gasteiger partial charge in [0.25, 0.3) is 5.95 Å². The fourth-order valence-electron chi connectivity index (χ4n) is 0.622. The molecule has 46 valence electrons. The lowest BCUT2D eigenvalue weighted by molar-refractivity contribution is 0.690. The molecule has 0 aromatic carbocycles. The summed E-state index contributed by atoms with van der Waals surface area (Å²) in [5, 5.41) is 17.3. The van der Waals surface area contributed by atoms with E-state index in [0.29, 0.717) is 12.5 Å². The highest BCUT2D eigenvalue weighted by atomic mass is 15.7. The Bertz CT molecular complexity index is 236. The number of fused-ring (bicyclic) bond motifs is 1. The molecule has 0 fully saturated rings.